The van der Waals surface area contributed by atoms with Gasteiger partial charge in [0, 0.05) is 18.5 Å². The molecule has 5 fully saturated rings. The number of carbonyl (C=O) groups excluding carboxylic acids is 1. The molecule has 1 heterocycles. The van der Waals surface area contributed by atoms with Crippen molar-refractivity contribution in [3.63, 3.8) is 0 Å². The molecule has 0 aromatic rings. The Kier molecular flexibility index (Phi) is 5.36. The van der Waals surface area contributed by atoms with Crippen LogP contribution >= 0.6 is 0 Å². The molecule has 1 aliphatic heterocycles. The van der Waals surface area contributed by atoms with Gasteiger partial charge in [0.25, 0.3) is 0 Å². The first-order valence-electron chi connectivity index (χ1n) is 12.2. The lowest BCUT2D eigenvalue weighted by Gasteiger charge is -2.44. The van der Waals surface area contributed by atoms with Gasteiger partial charge in [0.1, 0.15) is 0 Å². The molecular weight excluding hydrogens is 350 g/mol. The van der Waals surface area contributed by atoms with Gasteiger partial charge in [0.15, 0.2) is 0 Å². The van der Waals surface area contributed by atoms with Crippen molar-refractivity contribution in [1.82, 2.24) is 4.90 Å². The van der Waals surface area contributed by atoms with Gasteiger partial charge in [0.2, 0.25) is 6.29 Å². The number of likely N-dealkylation sites (tertiary alicyclic amines) is 1. The number of hydrogen-bond acceptors (Lipinski definition) is 3. The molecule has 0 radical (unpaired) electrons. The topological polar surface area (TPSA) is 38.8 Å². The Morgan fingerprint density at radius 3 is 2.50 bits per heavy atom. The number of nitrogens with zero attached hydrogens (tertiary/aromatic N) is 1. The third kappa shape index (κ3) is 3.38. The normalized spacial score (nSPS) is 43.1. The molecule has 4 saturated carbocycles. The molecular formula is C24H39NO3. The fourth-order valence-corrected chi connectivity index (χ4v) is 7.67. The van der Waals surface area contributed by atoms with Crippen LogP contribution in [0.4, 0.5) is 4.79 Å². The van der Waals surface area contributed by atoms with Crippen molar-refractivity contribution in [3.05, 3.63) is 0 Å². The molecule has 0 N–H and O–H groups in total. The van der Waals surface area contributed by atoms with Gasteiger partial charge in [-0.1, -0.05) is 33.1 Å². The summed E-state index contributed by atoms with van der Waals surface area (Å²) in [5.74, 6) is 4.35. The zero-order chi connectivity index (χ0) is 19.3. The molecule has 8 unspecified atom stereocenters. The zero-order valence-electron chi connectivity index (χ0n) is 17.9. The van der Waals surface area contributed by atoms with Gasteiger partial charge in [-0.15, -0.1) is 0 Å². The lowest BCUT2D eigenvalue weighted by atomic mass is 9.78. The number of carbonyl (C=O) groups is 1. The standard InChI is InChI=1S/C24H39NO3/c1-15(2)23(27-22-14-17-13-20(22)19-10-5-9-18(17)19)28-24(26)25-12-6-8-16-7-3-4-11-21(16)25/h15-23H,3-14H2,1-2H3. The van der Waals surface area contributed by atoms with Crippen LogP contribution in [0.3, 0.4) is 0 Å². The summed E-state index contributed by atoms with van der Waals surface area (Å²) in [6, 6.07) is 0.407. The first-order chi connectivity index (χ1) is 13.6. The van der Waals surface area contributed by atoms with E-state index in [4.69, 9.17) is 9.47 Å². The maximum absolute atomic E-state index is 13.1. The van der Waals surface area contributed by atoms with E-state index in [-0.39, 0.29) is 18.3 Å². The molecule has 0 aromatic heterocycles. The van der Waals surface area contributed by atoms with Crippen LogP contribution in [-0.2, 0) is 9.47 Å². The van der Waals surface area contributed by atoms with Gasteiger partial charge in [-0.25, -0.2) is 4.79 Å². The fourth-order valence-electron chi connectivity index (χ4n) is 7.67. The molecule has 1 saturated heterocycles. The van der Waals surface area contributed by atoms with Crippen molar-refractivity contribution in [1.29, 1.82) is 0 Å². The second-order valence-corrected chi connectivity index (χ2v) is 10.8. The Balaban J connectivity index is 1.22. The molecule has 1 amide bonds. The minimum absolute atomic E-state index is 0.114. The Morgan fingerprint density at radius 1 is 0.857 bits per heavy atom. The monoisotopic (exact) mass is 389 g/mol. The molecule has 2 bridgehead atoms. The van der Waals surface area contributed by atoms with Crippen molar-refractivity contribution in [2.75, 3.05) is 6.54 Å². The van der Waals surface area contributed by atoms with Crippen LogP contribution < -0.4 is 0 Å². The highest BCUT2D eigenvalue weighted by Gasteiger charge is 2.55. The molecule has 4 heteroatoms. The van der Waals surface area contributed by atoms with E-state index >= 15 is 0 Å². The van der Waals surface area contributed by atoms with Crippen LogP contribution in [0.5, 0.6) is 0 Å². The second-order valence-electron chi connectivity index (χ2n) is 10.8. The Bertz CT molecular complexity index is 576. The Hall–Kier alpha value is -0.770. The number of amides is 1. The van der Waals surface area contributed by atoms with Crippen molar-refractivity contribution in [3.8, 4) is 0 Å². The molecule has 0 spiro atoms. The van der Waals surface area contributed by atoms with E-state index in [1.165, 1.54) is 57.8 Å². The van der Waals surface area contributed by atoms with Gasteiger partial charge >= 0.3 is 6.09 Å². The van der Waals surface area contributed by atoms with Gasteiger partial charge < -0.3 is 14.4 Å². The Labute approximate surface area is 170 Å². The van der Waals surface area contributed by atoms with Gasteiger partial charge in [0.05, 0.1) is 6.10 Å². The highest BCUT2D eigenvalue weighted by Crippen LogP contribution is 2.59. The molecule has 158 valence electrons. The number of hydrogen-bond donors (Lipinski definition) is 0. The molecule has 0 aromatic carbocycles. The van der Waals surface area contributed by atoms with Gasteiger partial charge in [-0.2, -0.15) is 0 Å². The molecule has 8 atom stereocenters. The van der Waals surface area contributed by atoms with E-state index in [1.54, 1.807) is 0 Å². The summed E-state index contributed by atoms with van der Waals surface area (Å²) in [6.45, 7) is 5.12. The van der Waals surface area contributed by atoms with Crippen LogP contribution in [0.1, 0.15) is 84.5 Å². The summed E-state index contributed by atoms with van der Waals surface area (Å²) in [5.41, 5.74) is 0. The Morgan fingerprint density at radius 2 is 1.64 bits per heavy atom. The predicted octanol–water partition coefficient (Wildman–Crippen LogP) is 5.60. The smallest absolute Gasteiger partial charge is 0.412 e. The highest BCUT2D eigenvalue weighted by molar-refractivity contribution is 5.68. The summed E-state index contributed by atoms with van der Waals surface area (Å²) in [6.07, 6.45) is 14.0. The van der Waals surface area contributed by atoms with Crippen molar-refractivity contribution >= 4 is 6.09 Å². The van der Waals surface area contributed by atoms with Crippen molar-refractivity contribution < 1.29 is 14.3 Å². The summed E-state index contributed by atoms with van der Waals surface area (Å²) in [4.78, 5) is 15.2. The molecule has 4 nitrogen and oxygen atoms in total. The minimum atomic E-state index is -0.388. The van der Waals surface area contributed by atoms with E-state index in [9.17, 15) is 4.79 Å². The first-order valence-corrected chi connectivity index (χ1v) is 12.2. The largest absolute Gasteiger partial charge is 0.419 e. The van der Waals surface area contributed by atoms with Crippen LogP contribution in [-0.4, -0.2) is 36.0 Å². The summed E-state index contributed by atoms with van der Waals surface area (Å²) >= 11 is 0. The quantitative estimate of drug-likeness (QED) is 0.587. The minimum Gasteiger partial charge on any atom is -0.419 e. The van der Waals surface area contributed by atoms with Crippen LogP contribution in [0, 0.1) is 35.5 Å². The summed E-state index contributed by atoms with van der Waals surface area (Å²) in [7, 11) is 0. The number of ether oxygens (including phenoxy) is 2. The number of rotatable bonds is 4. The summed E-state index contributed by atoms with van der Waals surface area (Å²) < 4.78 is 12.6. The van der Waals surface area contributed by atoms with E-state index in [2.05, 4.69) is 18.7 Å². The maximum atomic E-state index is 13.1. The maximum Gasteiger partial charge on any atom is 0.412 e. The SMILES string of the molecule is CC(C)C(OC(=O)N1CCCC2CCCCC21)OC1CC2CC1C1CCCC21. The van der Waals surface area contributed by atoms with Crippen LogP contribution in [0.25, 0.3) is 0 Å². The third-order valence-corrected chi connectivity index (χ3v) is 8.92. The molecule has 4 aliphatic carbocycles. The number of piperidine rings is 1. The molecule has 28 heavy (non-hydrogen) atoms. The highest BCUT2D eigenvalue weighted by atomic mass is 16.7. The molecule has 5 rings (SSSR count). The second kappa shape index (κ2) is 7.81. The first kappa shape index (κ1) is 19.2. The van der Waals surface area contributed by atoms with E-state index in [1.807, 2.05) is 0 Å². The lowest BCUT2D eigenvalue weighted by molar-refractivity contribution is -0.183. The predicted molar refractivity (Wildman–Crippen MR) is 109 cm³/mol. The molecule has 5 aliphatic rings. The van der Waals surface area contributed by atoms with E-state index < -0.39 is 0 Å². The third-order valence-electron chi connectivity index (χ3n) is 8.92. The average Bonchev–Trinajstić information content (AvgIpc) is 3.40. The average molecular weight is 390 g/mol. The van der Waals surface area contributed by atoms with Crippen LogP contribution in [0.2, 0.25) is 0 Å². The van der Waals surface area contributed by atoms with E-state index in [0.29, 0.717) is 18.1 Å². The van der Waals surface area contributed by atoms with Crippen molar-refractivity contribution in [2.45, 2.75) is 103 Å². The van der Waals surface area contributed by atoms with Gasteiger partial charge in [-0.3, -0.25) is 0 Å². The van der Waals surface area contributed by atoms with E-state index in [0.717, 1.165) is 43.1 Å². The number of fused-ring (bicyclic) bond motifs is 6. The van der Waals surface area contributed by atoms with Crippen molar-refractivity contribution in [2.24, 2.45) is 35.5 Å². The lowest BCUT2D eigenvalue weighted by Crippen LogP contribution is -2.51. The van der Waals surface area contributed by atoms with Crippen LogP contribution in [0.15, 0.2) is 0 Å². The zero-order valence-corrected chi connectivity index (χ0v) is 17.9. The fraction of sp³-hybridized carbons (Fsp3) is 0.958. The summed E-state index contributed by atoms with van der Waals surface area (Å²) in [5, 5.41) is 0. The van der Waals surface area contributed by atoms with Gasteiger partial charge in [-0.05, 0) is 81.0 Å².